The normalized spacial score (nSPS) is 11.6. The van der Waals surface area contributed by atoms with E-state index in [-0.39, 0.29) is 0 Å². The van der Waals surface area contributed by atoms with Crippen LogP contribution in [-0.4, -0.2) is 19.5 Å². The van der Waals surface area contributed by atoms with Crippen molar-refractivity contribution in [2.75, 3.05) is 0 Å². The highest BCUT2D eigenvalue weighted by Crippen LogP contribution is 2.42. The Kier molecular flexibility index (Phi) is 7.42. The van der Waals surface area contributed by atoms with E-state index in [1.54, 1.807) is 0 Å². The summed E-state index contributed by atoms with van der Waals surface area (Å²) in [5.74, 6) is 1.86. The molecule has 5 nitrogen and oxygen atoms in total. The van der Waals surface area contributed by atoms with Crippen LogP contribution >= 0.6 is 0 Å². The van der Waals surface area contributed by atoms with E-state index in [1.165, 1.54) is 10.9 Å². The molecule has 11 rings (SSSR count). The van der Waals surface area contributed by atoms with Crippen molar-refractivity contribution in [3.8, 4) is 62.1 Å². The van der Waals surface area contributed by atoms with Gasteiger partial charge in [-0.05, 0) is 52.6 Å². The number of fused-ring (bicyclic) bond motifs is 6. The van der Waals surface area contributed by atoms with Gasteiger partial charge in [0, 0.05) is 32.8 Å². The molecule has 0 radical (unpaired) electrons. The number of rotatable bonds is 6. The minimum atomic E-state index is 0.609. The maximum absolute atomic E-state index is 6.57. The number of hydrogen-bond donors (Lipinski definition) is 0. The second-order valence-corrected chi connectivity index (χ2v) is 14.0. The fraction of sp³-hybridized carbons (Fsp3) is 0. The molecule has 262 valence electrons. The summed E-state index contributed by atoms with van der Waals surface area (Å²) < 4.78 is 8.94. The molecule has 0 aliphatic rings. The van der Waals surface area contributed by atoms with Crippen molar-refractivity contribution in [3.05, 3.63) is 194 Å². The quantitative estimate of drug-likeness (QED) is 0.172. The lowest BCUT2D eigenvalue weighted by atomic mass is 9.99. The first-order valence-electron chi connectivity index (χ1n) is 18.8. The Labute approximate surface area is 322 Å². The van der Waals surface area contributed by atoms with E-state index in [0.29, 0.717) is 17.5 Å². The largest absolute Gasteiger partial charge is 0.456 e. The van der Waals surface area contributed by atoms with Gasteiger partial charge in [0.1, 0.15) is 11.2 Å². The van der Waals surface area contributed by atoms with Crippen molar-refractivity contribution < 1.29 is 4.42 Å². The summed E-state index contributed by atoms with van der Waals surface area (Å²) in [6.07, 6.45) is 0. The van der Waals surface area contributed by atoms with E-state index in [0.717, 1.165) is 77.4 Å². The Hall–Kier alpha value is -7.63. The molecule has 11 aromatic rings. The van der Waals surface area contributed by atoms with Crippen molar-refractivity contribution in [2.45, 2.75) is 0 Å². The zero-order chi connectivity index (χ0) is 37.0. The Morgan fingerprint density at radius 1 is 0.339 bits per heavy atom. The molecule has 0 unspecified atom stereocenters. The van der Waals surface area contributed by atoms with E-state index in [4.69, 9.17) is 19.4 Å². The van der Waals surface area contributed by atoms with Crippen molar-refractivity contribution >= 4 is 43.7 Å². The van der Waals surface area contributed by atoms with Crippen molar-refractivity contribution in [1.29, 1.82) is 0 Å². The van der Waals surface area contributed by atoms with E-state index in [9.17, 15) is 0 Å². The van der Waals surface area contributed by atoms with Crippen LogP contribution in [-0.2, 0) is 0 Å². The number of para-hydroxylation sites is 1. The lowest BCUT2D eigenvalue weighted by Crippen LogP contribution is -2.00. The summed E-state index contributed by atoms with van der Waals surface area (Å²) in [5, 5.41) is 4.48. The van der Waals surface area contributed by atoms with Crippen molar-refractivity contribution in [2.24, 2.45) is 0 Å². The predicted octanol–water partition coefficient (Wildman–Crippen LogP) is 13.2. The molecule has 0 saturated carbocycles. The number of hydrogen-bond acceptors (Lipinski definition) is 4. The zero-order valence-corrected chi connectivity index (χ0v) is 30.2. The van der Waals surface area contributed by atoms with E-state index < -0.39 is 0 Å². The second-order valence-electron chi connectivity index (χ2n) is 14.0. The molecular weight excluding hydrogens is 685 g/mol. The molecular formula is C51H32N4O. The van der Waals surface area contributed by atoms with E-state index >= 15 is 0 Å². The summed E-state index contributed by atoms with van der Waals surface area (Å²) in [6, 6.07) is 67.3. The van der Waals surface area contributed by atoms with E-state index in [1.807, 2.05) is 36.4 Å². The summed E-state index contributed by atoms with van der Waals surface area (Å²) in [7, 11) is 0. The average Bonchev–Trinajstić information content (AvgIpc) is 3.83. The van der Waals surface area contributed by atoms with Gasteiger partial charge in [0.25, 0.3) is 0 Å². The number of benzene rings is 8. The summed E-state index contributed by atoms with van der Waals surface area (Å²) in [5.41, 5.74) is 12.3. The van der Waals surface area contributed by atoms with Crippen molar-refractivity contribution in [1.82, 2.24) is 19.5 Å². The van der Waals surface area contributed by atoms with E-state index in [2.05, 4.69) is 162 Å². The minimum absolute atomic E-state index is 0.609. The summed E-state index contributed by atoms with van der Waals surface area (Å²) >= 11 is 0. The molecule has 8 aromatic carbocycles. The Bertz CT molecular complexity index is 3220. The highest BCUT2D eigenvalue weighted by Gasteiger charge is 2.21. The van der Waals surface area contributed by atoms with Gasteiger partial charge in [-0.1, -0.05) is 164 Å². The zero-order valence-electron chi connectivity index (χ0n) is 30.2. The average molecular weight is 717 g/mol. The van der Waals surface area contributed by atoms with Gasteiger partial charge < -0.3 is 8.98 Å². The van der Waals surface area contributed by atoms with Gasteiger partial charge in [0.05, 0.1) is 22.1 Å². The van der Waals surface area contributed by atoms with Crippen LogP contribution < -0.4 is 0 Å². The first-order valence-corrected chi connectivity index (χ1v) is 18.8. The molecule has 0 aliphatic heterocycles. The summed E-state index contributed by atoms with van der Waals surface area (Å²) in [4.78, 5) is 15.3. The number of furan rings is 1. The van der Waals surface area contributed by atoms with Gasteiger partial charge in [0.2, 0.25) is 0 Å². The molecule has 3 aromatic heterocycles. The van der Waals surface area contributed by atoms with Gasteiger partial charge in [-0.15, -0.1) is 0 Å². The molecule has 0 fully saturated rings. The fourth-order valence-corrected chi connectivity index (χ4v) is 8.05. The van der Waals surface area contributed by atoms with Gasteiger partial charge in [-0.3, -0.25) is 0 Å². The molecule has 5 heteroatoms. The van der Waals surface area contributed by atoms with Crippen LogP contribution in [0.1, 0.15) is 0 Å². The molecule has 56 heavy (non-hydrogen) atoms. The SMILES string of the molecule is c1ccc(-c2ccc(-c3nc(-c4ccccc4)nc(-c4ccc5c6ccccc6n(-c6cccc7oc8cccc(-c9ccccc9)c8c67)c5c4)n3)cc2)cc1. The van der Waals surface area contributed by atoms with Crippen LogP contribution in [0.15, 0.2) is 199 Å². The molecule has 0 atom stereocenters. The maximum atomic E-state index is 6.57. The van der Waals surface area contributed by atoms with Crippen LogP contribution in [0.2, 0.25) is 0 Å². The minimum Gasteiger partial charge on any atom is -0.456 e. The smallest absolute Gasteiger partial charge is 0.164 e. The van der Waals surface area contributed by atoms with Crippen LogP contribution in [0.4, 0.5) is 0 Å². The third-order valence-electron chi connectivity index (χ3n) is 10.7. The third-order valence-corrected chi connectivity index (χ3v) is 10.7. The van der Waals surface area contributed by atoms with Gasteiger partial charge in [-0.2, -0.15) is 0 Å². The molecule has 0 saturated heterocycles. The first kappa shape index (κ1) is 31.9. The van der Waals surface area contributed by atoms with Crippen LogP contribution in [0, 0.1) is 0 Å². The highest BCUT2D eigenvalue weighted by molar-refractivity contribution is 6.18. The standard InChI is InChI=1S/C51H32N4O/c1-4-14-33(15-5-1)34-26-28-37(29-27-34)50-52-49(36-18-8-3-9-19-36)53-51(54-50)38-30-31-41-40-20-10-11-22-42(40)55(44(41)32-38)43-23-13-25-46-48(43)47-39(21-12-24-45(47)56-46)35-16-6-2-7-17-35/h1-32H. The lowest BCUT2D eigenvalue weighted by molar-refractivity contribution is 0.669. The number of aromatic nitrogens is 4. The lowest BCUT2D eigenvalue weighted by Gasteiger charge is -2.12. The van der Waals surface area contributed by atoms with Gasteiger partial charge in [0.15, 0.2) is 17.5 Å². The molecule has 3 heterocycles. The third kappa shape index (κ3) is 5.29. The summed E-state index contributed by atoms with van der Waals surface area (Å²) in [6.45, 7) is 0. The first-order chi connectivity index (χ1) is 27.8. The van der Waals surface area contributed by atoms with Gasteiger partial charge in [-0.25, -0.2) is 15.0 Å². The predicted molar refractivity (Wildman–Crippen MR) is 229 cm³/mol. The molecule has 0 bridgehead atoms. The number of nitrogens with zero attached hydrogens (tertiary/aromatic N) is 4. The maximum Gasteiger partial charge on any atom is 0.164 e. The molecule has 0 spiro atoms. The van der Waals surface area contributed by atoms with Crippen LogP contribution in [0.5, 0.6) is 0 Å². The van der Waals surface area contributed by atoms with Crippen LogP contribution in [0.3, 0.4) is 0 Å². The molecule has 0 aliphatic carbocycles. The van der Waals surface area contributed by atoms with Crippen molar-refractivity contribution in [3.63, 3.8) is 0 Å². The fourth-order valence-electron chi connectivity index (χ4n) is 8.05. The monoisotopic (exact) mass is 716 g/mol. The Balaban J connectivity index is 1.13. The van der Waals surface area contributed by atoms with Gasteiger partial charge >= 0.3 is 0 Å². The van der Waals surface area contributed by atoms with Crippen LogP contribution in [0.25, 0.3) is 106 Å². The molecule has 0 amide bonds. The highest BCUT2D eigenvalue weighted by atomic mass is 16.3. The Morgan fingerprint density at radius 3 is 1.55 bits per heavy atom. The topological polar surface area (TPSA) is 56.7 Å². The molecule has 0 N–H and O–H groups in total. The second kappa shape index (κ2) is 13.0. The Morgan fingerprint density at radius 2 is 0.839 bits per heavy atom.